The monoisotopic (exact) mass is 205 g/mol. The highest BCUT2D eigenvalue weighted by Crippen LogP contribution is 2.25. The van der Waals surface area contributed by atoms with Gasteiger partial charge in [0.1, 0.15) is 17.8 Å². The van der Waals surface area contributed by atoms with Gasteiger partial charge in [0.05, 0.1) is 0 Å². The summed E-state index contributed by atoms with van der Waals surface area (Å²) in [6.45, 7) is 3.93. The van der Waals surface area contributed by atoms with Crippen LogP contribution < -0.4 is 0 Å². The highest BCUT2D eigenvalue weighted by atomic mass is 19.1. The summed E-state index contributed by atoms with van der Waals surface area (Å²) in [5.74, 6) is -0.00547. The molecular formula is C12H12FNO. The molecule has 0 aliphatic heterocycles. The summed E-state index contributed by atoms with van der Waals surface area (Å²) in [6.07, 6.45) is 2.92. The standard InChI is InChI=1S/C12H12FNO/c1-8(2)10-5-9(3-4-11(10)13)12-6-15-7-14-12/h3-8H,1-2H3. The number of oxazole rings is 1. The Morgan fingerprint density at radius 1 is 1.33 bits per heavy atom. The van der Waals surface area contributed by atoms with Crippen LogP contribution in [-0.4, -0.2) is 4.98 Å². The number of hydrogen-bond donors (Lipinski definition) is 0. The first-order chi connectivity index (χ1) is 7.18. The highest BCUT2D eigenvalue weighted by molar-refractivity contribution is 5.59. The van der Waals surface area contributed by atoms with Gasteiger partial charge in [0, 0.05) is 5.56 Å². The van der Waals surface area contributed by atoms with Crippen molar-refractivity contribution in [1.82, 2.24) is 4.98 Å². The Labute approximate surface area is 87.8 Å². The van der Waals surface area contributed by atoms with Crippen molar-refractivity contribution in [2.24, 2.45) is 0 Å². The Kier molecular flexibility index (Phi) is 2.54. The lowest BCUT2D eigenvalue weighted by Gasteiger charge is -2.08. The second-order valence-corrected chi connectivity index (χ2v) is 3.76. The lowest BCUT2D eigenvalue weighted by Crippen LogP contribution is -1.93. The molecule has 1 aromatic carbocycles. The molecule has 0 aliphatic carbocycles. The molecule has 0 amide bonds. The molecule has 2 rings (SSSR count). The predicted octanol–water partition coefficient (Wildman–Crippen LogP) is 3.60. The maximum absolute atomic E-state index is 13.4. The van der Waals surface area contributed by atoms with E-state index in [1.54, 1.807) is 12.3 Å². The van der Waals surface area contributed by atoms with E-state index >= 15 is 0 Å². The van der Waals surface area contributed by atoms with Gasteiger partial charge in [-0.1, -0.05) is 13.8 Å². The van der Waals surface area contributed by atoms with Gasteiger partial charge in [0.25, 0.3) is 0 Å². The molecule has 0 aliphatic rings. The lowest BCUT2D eigenvalue weighted by molar-refractivity contribution is 0.558. The molecule has 0 radical (unpaired) electrons. The molecule has 0 unspecified atom stereocenters. The van der Waals surface area contributed by atoms with Crippen LogP contribution in [0.5, 0.6) is 0 Å². The highest BCUT2D eigenvalue weighted by Gasteiger charge is 2.09. The fraction of sp³-hybridized carbons (Fsp3) is 0.250. The van der Waals surface area contributed by atoms with Gasteiger partial charge in [0.15, 0.2) is 6.39 Å². The molecule has 0 saturated heterocycles. The zero-order valence-corrected chi connectivity index (χ0v) is 8.70. The minimum Gasteiger partial charge on any atom is -0.451 e. The van der Waals surface area contributed by atoms with Crippen molar-refractivity contribution in [2.45, 2.75) is 19.8 Å². The van der Waals surface area contributed by atoms with Gasteiger partial charge in [0.2, 0.25) is 0 Å². The molecule has 2 nitrogen and oxygen atoms in total. The van der Waals surface area contributed by atoms with Crippen LogP contribution in [-0.2, 0) is 0 Å². The molecule has 0 N–H and O–H groups in total. The van der Waals surface area contributed by atoms with Crippen LogP contribution in [0.2, 0.25) is 0 Å². The quantitative estimate of drug-likeness (QED) is 0.748. The van der Waals surface area contributed by atoms with E-state index in [1.165, 1.54) is 12.5 Å². The fourth-order valence-electron chi connectivity index (χ4n) is 1.50. The van der Waals surface area contributed by atoms with Crippen molar-refractivity contribution in [3.05, 3.63) is 42.2 Å². The third-order valence-electron chi connectivity index (χ3n) is 2.35. The number of hydrogen-bond acceptors (Lipinski definition) is 2. The number of aromatic nitrogens is 1. The van der Waals surface area contributed by atoms with Crippen LogP contribution in [0, 0.1) is 5.82 Å². The smallest absolute Gasteiger partial charge is 0.181 e. The summed E-state index contributed by atoms with van der Waals surface area (Å²) in [6, 6.07) is 5.00. The summed E-state index contributed by atoms with van der Waals surface area (Å²) in [4.78, 5) is 4.03. The molecule has 1 heterocycles. The van der Waals surface area contributed by atoms with Crippen molar-refractivity contribution in [1.29, 1.82) is 0 Å². The lowest BCUT2D eigenvalue weighted by atomic mass is 9.99. The van der Waals surface area contributed by atoms with E-state index in [9.17, 15) is 4.39 Å². The fourth-order valence-corrected chi connectivity index (χ4v) is 1.50. The number of rotatable bonds is 2. The third-order valence-corrected chi connectivity index (χ3v) is 2.35. The number of benzene rings is 1. The summed E-state index contributed by atoms with van der Waals surface area (Å²) in [5.41, 5.74) is 2.32. The molecule has 0 saturated carbocycles. The van der Waals surface area contributed by atoms with Crippen LogP contribution in [0.25, 0.3) is 11.3 Å². The van der Waals surface area contributed by atoms with Crippen LogP contribution in [0.3, 0.4) is 0 Å². The van der Waals surface area contributed by atoms with Crippen molar-refractivity contribution >= 4 is 0 Å². The van der Waals surface area contributed by atoms with E-state index in [0.29, 0.717) is 5.56 Å². The van der Waals surface area contributed by atoms with E-state index in [4.69, 9.17) is 4.42 Å². The first-order valence-corrected chi connectivity index (χ1v) is 4.86. The minimum atomic E-state index is -0.169. The first-order valence-electron chi connectivity index (χ1n) is 4.86. The second-order valence-electron chi connectivity index (χ2n) is 3.76. The average Bonchev–Trinajstić information content (AvgIpc) is 2.71. The predicted molar refractivity (Wildman–Crippen MR) is 56.0 cm³/mol. The normalized spacial score (nSPS) is 10.9. The number of nitrogens with zero attached hydrogens (tertiary/aromatic N) is 1. The molecule has 3 heteroatoms. The Morgan fingerprint density at radius 3 is 2.73 bits per heavy atom. The molecule has 1 aromatic heterocycles. The van der Waals surface area contributed by atoms with E-state index < -0.39 is 0 Å². The number of halogens is 1. The van der Waals surface area contributed by atoms with Gasteiger partial charge in [-0.05, 0) is 29.7 Å². The van der Waals surface area contributed by atoms with E-state index in [0.717, 1.165) is 11.3 Å². The Hall–Kier alpha value is -1.64. The van der Waals surface area contributed by atoms with Gasteiger partial charge < -0.3 is 4.42 Å². The summed E-state index contributed by atoms with van der Waals surface area (Å²) in [7, 11) is 0. The van der Waals surface area contributed by atoms with Crippen LogP contribution in [0.1, 0.15) is 25.3 Å². The van der Waals surface area contributed by atoms with Crippen molar-refractivity contribution in [3.63, 3.8) is 0 Å². The maximum Gasteiger partial charge on any atom is 0.181 e. The molecule has 2 aromatic rings. The summed E-state index contributed by atoms with van der Waals surface area (Å²) < 4.78 is 18.3. The zero-order valence-electron chi connectivity index (χ0n) is 8.70. The second kappa shape index (κ2) is 3.85. The molecule has 0 spiro atoms. The molecule has 0 atom stereocenters. The largest absolute Gasteiger partial charge is 0.451 e. The van der Waals surface area contributed by atoms with Gasteiger partial charge >= 0.3 is 0 Å². The Morgan fingerprint density at radius 2 is 2.13 bits per heavy atom. The van der Waals surface area contributed by atoms with E-state index in [1.807, 2.05) is 19.9 Å². The van der Waals surface area contributed by atoms with Crippen molar-refractivity contribution < 1.29 is 8.81 Å². The Balaban J connectivity index is 2.48. The molecule has 78 valence electrons. The van der Waals surface area contributed by atoms with Gasteiger partial charge in [-0.25, -0.2) is 9.37 Å². The van der Waals surface area contributed by atoms with Crippen LogP contribution in [0.15, 0.2) is 35.3 Å². The summed E-state index contributed by atoms with van der Waals surface area (Å²) >= 11 is 0. The first kappa shape index (κ1) is 9.90. The van der Waals surface area contributed by atoms with E-state index in [-0.39, 0.29) is 11.7 Å². The maximum atomic E-state index is 13.4. The summed E-state index contributed by atoms with van der Waals surface area (Å²) in [5, 5.41) is 0. The Bertz CT molecular complexity index is 449. The SMILES string of the molecule is CC(C)c1cc(-c2cocn2)ccc1F. The van der Waals surface area contributed by atoms with Gasteiger partial charge in [-0.15, -0.1) is 0 Å². The van der Waals surface area contributed by atoms with Gasteiger partial charge in [-0.3, -0.25) is 0 Å². The van der Waals surface area contributed by atoms with Crippen LogP contribution >= 0.6 is 0 Å². The molecule has 0 bridgehead atoms. The van der Waals surface area contributed by atoms with Crippen molar-refractivity contribution in [3.8, 4) is 11.3 Å². The molecule has 15 heavy (non-hydrogen) atoms. The minimum absolute atomic E-state index is 0.164. The molecule has 0 fully saturated rings. The zero-order chi connectivity index (χ0) is 10.8. The van der Waals surface area contributed by atoms with Crippen LogP contribution in [0.4, 0.5) is 4.39 Å². The van der Waals surface area contributed by atoms with E-state index in [2.05, 4.69) is 4.98 Å². The van der Waals surface area contributed by atoms with Gasteiger partial charge in [-0.2, -0.15) is 0 Å². The topological polar surface area (TPSA) is 26.0 Å². The molecular weight excluding hydrogens is 193 g/mol. The third kappa shape index (κ3) is 1.91. The van der Waals surface area contributed by atoms with Crippen molar-refractivity contribution in [2.75, 3.05) is 0 Å². The average molecular weight is 205 g/mol.